The molecule has 1 N–H and O–H groups in total. The van der Waals surface area contributed by atoms with E-state index in [1.807, 2.05) is 60.8 Å². The van der Waals surface area contributed by atoms with Crippen molar-refractivity contribution in [3.05, 3.63) is 92.4 Å². The first kappa shape index (κ1) is 17.4. The van der Waals surface area contributed by atoms with Gasteiger partial charge in [0.25, 0.3) is 0 Å². The Morgan fingerprint density at radius 3 is 2.54 bits per heavy atom. The Morgan fingerprint density at radius 2 is 1.79 bits per heavy atom. The van der Waals surface area contributed by atoms with Gasteiger partial charge < -0.3 is 5.11 Å². The maximum absolute atomic E-state index is 9.66. The Morgan fingerprint density at radius 1 is 1.04 bits per heavy atom. The average molecular weight is 424 g/mol. The molecule has 0 spiro atoms. The summed E-state index contributed by atoms with van der Waals surface area (Å²) in [5.74, 6) is 2.07. The van der Waals surface area contributed by atoms with Gasteiger partial charge in [-0.2, -0.15) is 0 Å². The van der Waals surface area contributed by atoms with Crippen molar-refractivity contribution < 1.29 is 5.11 Å². The molecule has 0 saturated heterocycles. The van der Waals surface area contributed by atoms with Crippen LogP contribution in [0.15, 0.2) is 78.0 Å². The van der Waals surface area contributed by atoms with Crippen LogP contribution in [0.1, 0.15) is 16.5 Å². The van der Waals surface area contributed by atoms with Crippen LogP contribution >= 0.6 is 35.2 Å². The van der Waals surface area contributed by atoms with Gasteiger partial charge in [-0.1, -0.05) is 29.8 Å². The van der Waals surface area contributed by atoms with Crippen molar-refractivity contribution in [2.24, 2.45) is 4.99 Å². The molecule has 0 fully saturated rings. The van der Waals surface area contributed by atoms with Crippen molar-refractivity contribution in [1.29, 1.82) is 0 Å². The topological polar surface area (TPSA) is 40.8 Å². The summed E-state index contributed by atoms with van der Waals surface area (Å²) in [6.45, 7) is 0. The number of phenols is 1. The standard InChI is InChI=1S/C21H14ClN3OS2/c22-14-6-8-15(9-7-14)25-20-19(28-21(25)27)18(13-4-10-16(26)11-5-13)23-17-3-1-2-12-24(17)20/h1-12,18,26H. The van der Waals surface area contributed by atoms with Crippen LogP contribution < -0.4 is 4.90 Å². The lowest BCUT2D eigenvalue weighted by atomic mass is 10.0. The van der Waals surface area contributed by atoms with Gasteiger partial charge in [0.2, 0.25) is 0 Å². The second-order valence-electron chi connectivity index (χ2n) is 6.42. The van der Waals surface area contributed by atoms with Gasteiger partial charge in [-0.15, -0.1) is 11.3 Å². The first-order chi connectivity index (χ1) is 13.6. The maximum atomic E-state index is 9.66. The number of hydrogen-bond donors (Lipinski definition) is 1. The number of thiazole rings is 1. The molecular weight excluding hydrogens is 410 g/mol. The number of nitrogens with zero attached hydrogens (tertiary/aromatic N) is 3. The summed E-state index contributed by atoms with van der Waals surface area (Å²) in [4.78, 5) is 8.09. The monoisotopic (exact) mass is 423 g/mol. The van der Waals surface area contributed by atoms with Gasteiger partial charge in [0, 0.05) is 16.9 Å². The third-order valence-corrected chi connectivity index (χ3v) is 6.35. The van der Waals surface area contributed by atoms with Crippen LogP contribution in [0, 0.1) is 3.95 Å². The predicted molar refractivity (Wildman–Crippen MR) is 118 cm³/mol. The van der Waals surface area contributed by atoms with Gasteiger partial charge in [0.15, 0.2) is 3.95 Å². The zero-order valence-corrected chi connectivity index (χ0v) is 16.9. The van der Waals surface area contributed by atoms with Crippen LogP contribution in [0.2, 0.25) is 5.02 Å². The molecule has 0 aliphatic carbocycles. The van der Waals surface area contributed by atoms with Crippen LogP contribution in [-0.2, 0) is 0 Å². The number of benzene rings is 2. The molecule has 3 heterocycles. The molecule has 4 nitrogen and oxygen atoms in total. The first-order valence-electron chi connectivity index (χ1n) is 8.64. The van der Waals surface area contributed by atoms with Gasteiger partial charge >= 0.3 is 0 Å². The highest BCUT2D eigenvalue weighted by Crippen LogP contribution is 2.44. The third kappa shape index (κ3) is 2.81. The van der Waals surface area contributed by atoms with Gasteiger partial charge in [-0.05, 0) is 66.3 Å². The Labute approximate surface area is 176 Å². The second kappa shape index (κ2) is 6.74. The summed E-state index contributed by atoms with van der Waals surface area (Å²) in [6, 6.07) is 14.7. The molecule has 0 amide bonds. The molecule has 1 atom stereocenters. The van der Waals surface area contributed by atoms with Crippen molar-refractivity contribution in [3.8, 4) is 11.4 Å². The van der Waals surface area contributed by atoms with E-state index in [9.17, 15) is 5.11 Å². The van der Waals surface area contributed by atoms with E-state index in [1.165, 1.54) is 0 Å². The molecule has 7 heteroatoms. The molecule has 0 bridgehead atoms. The maximum Gasteiger partial charge on any atom is 0.167 e. The van der Waals surface area contributed by atoms with Crippen LogP contribution in [0.5, 0.6) is 5.75 Å². The lowest BCUT2D eigenvalue weighted by molar-refractivity contribution is 0.475. The van der Waals surface area contributed by atoms with E-state index in [2.05, 4.69) is 9.47 Å². The minimum absolute atomic E-state index is 0.182. The van der Waals surface area contributed by atoms with Crippen molar-refractivity contribution in [3.63, 3.8) is 0 Å². The van der Waals surface area contributed by atoms with Crippen LogP contribution in [0.4, 0.5) is 5.82 Å². The molecule has 5 rings (SSSR count). The van der Waals surface area contributed by atoms with Crippen molar-refractivity contribution in [2.45, 2.75) is 6.04 Å². The molecule has 0 saturated carbocycles. The highest BCUT2D eigenvalue weighted by molar-refractivity contribution is 7.73. The summed E-state index contributed by atoms with van der Waals surface area (Å²) in [6.07, 6.45) is 7.94. The van der Waals surface area contributed by atoms with Crippen LogP contribution in [-0.4, -0.2) is 15.5 Å². The van der Waals surface area contributed by atoms with Crippen molar-refractivity contribution in [2.75, 3.05) is 4.90 Å². The normalized spacial score (nSPS) is 17.2. The SMILES string of the molecule is Oc1ccc(C2N=C3C=CC=CN3c3c2sc(=S)n3-c2ccc(Cl)cc2)cc1. The summed E-state index contributed by atoms with van der Waals surface area (Å²) in [5, 5.41) is 10.3. The molecule has 2 aromatic carbocycles. The van der Waals surface area contributed by atoms with Crippen molar-refractivity contribution in [1.82, 2.24) is 4.57 Å². The Kier molecular flexibility index (Phi) is 4.19. The molecule has 138 valence electrons. The number of aliphatic imine (C=N–C) groups is 1. The van der Waals surface area contributed by atoms with E-state index in [1.54, 1.807) is 23.5 Å². The van der Waals surface area contributed by atoms with Gasteiger partial charge in [0.1, 0.15) is 23.4 Å². The van der Waals surface area contributed by atoms with E-state index in [0.29, 0.717) is 5.02 Å². The smallest absolute Gasteiger partial charge is 0.167 e. The number of fused-ring (bicyclic) bond motifs is 3. The average Bonchev–Trinajstić information content (AvgIpc) is 3.06. The first-order valence-corrected chi connectivity index (χ1v) is 10.2. The lowest BCUT2D eigenvalue weighted by Crippen LogP contribution is -2.32. The van der Waals surface area contributed by atoms with E-state index >= 15 is 0 Å². The third-order valence-electron chi connectivity index (χ3n) is 4.68. The number of amidine groups is 1. The van der Waals surface area contributed by atoms with E-state index in [0.717, 1.165) is 31.7 Å². The lowest BCUT2D eigenvalue weighted by Gasteiger charge is -2.31. The molecule has 1 unspecified atom stereocenters. The van der Waals surface area contributed by atoms with Crippen molar-refractivity contribution >= 4 is 46.8 Å². The minimum Gasteiger partial charge on any atom is -0.508 e. The number of allylic oxidation sites excluding steroid dienone is 2. The summed E-state index contributed by atoms with van der Waals surface area (Å²) >= 11 is 13.4. The molecule has 28 heavy (non-hydrogen) atoms. The minimum atomic E-state index is -0.182. The Hall–Kier alpha value is -2.67. The Balaban J connectivity index is 1.75. The fourth-order valence-electron chi connectivity index (χ4n) is 3.40. The fraction of sp³-hybridized carbons (Fsp3) is 0.0476. The molecular formula is C21H14ClN3OS2. The highest BCUT2D eigenvalue weighted by atomic mass is 35.5. The van der Waals surface area contributed by atoms with E-state index < -0.39 is 0 Å². The zero-order valence-electron chi connectivity index (χ0n) is 14.5. The summed E-state index contributed by atoms with van der Waals surface area (Å²) < 4.78 is 2.81. The van der Waals surface area contributed by atoms with Gasteiger partial charge in [0.05, 0.1) is 4.88 Å². The number of aromatic nitrogens is 1. The van der Waals surface area contributed by atoms with Crippen LogP contribution in [0.25, 0.3) is 5.69 Å². The second-order valence-corrected chi connectivity index (χ2v) is 8.53. The van der Waals surface area contributed by atoms with E-state index in [4.69, 9.17) is 28.8 Å². The number of rotatable bonds is 2. The number of hydrogen-bond acceptors (Lipinski definition) is 5. The quantitative estimate of drug-likeness (QED) is 0.512. The molecule has 2 aliphatic rings. The number of halogens is 1. The summed E-state index contributed by atoms with van der Waals surface area (Å²) in [5.41, 5.74) is 1.97. The number of anilines is 1. The molecule has 3 aromatic rings. The van der Waals surface area contributed by atoms with Gasteiger partial charge in [-0.25, -0.2) is 0 Å². The highest BCUT2D eigenvalue weighted by Gasteiger charge is 2.32. The summed E-state index contributed by atoms with van der Waals surface area (Å²) in [7, 11) is 0. The molecule has 2 aliphatic heterocycles. The predicted octanol–water partition coefficient (Wildman–Crippen LogP) is 6.02. The fourth-order valence-corrected chi connectivity index (χ4v) is 5.04. The largest absolute Gasteiger partial charge is 0.508 e. The van der Waals surface area contributed by atoms with Crippen LogP contribution in [0.3, 0.4) is 0 Å². The zero-order chi connectivity index (χ0) is 19.3. The molecule has 0 radical (unpaired) electrons. The number of aromatic hydroxyl groups is 1. The van der Waals surface area contributed by atoms with E-state index in [-0.39, 0.29) is 11.8 Å². The molecule has 1 aromatic heterocycles. The number of phenolic OH excluding ortho intramolecular Hbond substituents is 1. The Bertz CT molecular complexity index is 1200. The van der Waals surface area contributed by atoms with Gasteiger partial charge in [-0.3, -0.25) is 14.5 Å².